The van der Waals surface area contributed by atoms with Crippen LogP contribution in [0.3, 0.4) is 0 Å². The van der Waals surface area contributed by atoms with Crippen LogP contribution in [-0.2, 0) is 6.54 Å². The van der Waals surface area contributed by atoms with Crippen molar-refractivity contribution >= 4 is 33.6 Å². The average Bonchev–Trinajstić information content (AvgIpc) is 3.16. The summed E-state index contributed by atoms with van der Waals surface area (Å²) in [6.45, 7) is 0.305. The lowest BCUT2D eigenvalue weighted by Gasteiger charge is -2.08. The third kappa shape index (κ3) is 4.72. The number of ketones is 1. The van der Waals surface area contributed by atoms with E-state index in [0.717, 1.165) is 15.6 Å². The summed E-state index contributed by atoms with van der Waals surface area (Å²) in [7, 11) is 1.55. The number of nitrogens with zero attached hydrogens (tertiary/aromatic N) is 3. The van der Waals surface area contributed by atoms with Gasteiger partial charge in [-0.15, -0.1) is 0 Å². The molecule has 1 heterocycles. The molecule has 1 aromatic heterocycles. The molecule has 0 unspecified atom stereocenters. The van der Waals surface area contributed by atoms with Gasteiger partial charge in [-0.2, -0.15) is 4.68 Å². The van der Waals surface area contributed by atoms with E-state index >= 15 is 0 Å². The maximum atomic E-state index is 12.3. The molecule has 0 aliphatic rings. The van der Waals surface area contributed by atoms with Crippen molar-refractivity contribution in [3.8, 4) is 5.75 Å². The van der Waals surface area contributed by atoms with Gasteiger partial charge in [-0.3, -0.25) is 4.79 Å². The topological polar surface area (TPSA) is 87.3 Å². The van der Waals surface area contributed by atoms with Crippen molar-refractivity contribution in [1.29, 1.82) is 0 Å². The second-order valence-electron chi connectivity index (χ2n) is 5.90. The highest BCUT2D eigenvalue weighted by Gasteiger charge is 2.13. The zero-order chi connectivity index (χ0) is 20.1. The molecule has 0 N–H and O–H groups in total. The highest BCUT2D eigenvalue weighted by Crippen LogP contribution is 2.22. The highest BCUT2D eigenvalue weighted by molar-refractivity contribution is 9.10. The van der Waals surface area contributed by atoms with Crippen molar-refractivity contribution in [2.75, 3.05) is 7.11 Å². The van der Waals surface area contributed by atoms with Gasteiger partial charge < -0.3 is 14.9 Å². The summed E-state index contributed by atoms with van der Waals surface area (Å²) in [5, 5.41) is 14.7. The van der Waals surface area contributed by atoms with Gasteiger partial charge in [-0.25, -0.2) is 0 Å². The summed E-state index contributed by atoms with van der Waals surface area (Å²) in [5.41, 5.74) is 2.19. The SMILES string of the molecule is COc1ccc(/C=C/C(=O)c2ccc(Br)cc2)cc1Cn1ccc([N+](=O)[O-])n1. The van der Waals surface area contributed by atoms with Crippen LogP contribution in [0.2, 0.25) is 0 Å². The zero-order valence-corrected chi connectivity index (χ0v) is 16.5. The Morgan fingerprint density at radius 3 is 2.64 bits per heavy atom. The molecule has 0 atom stereocenters. The molecule has 2 aromatic carbocycles. The molecule has 0 saturated heterocycles. The molecule has 7 nitrogen and oxygen atoms in total. The maximum Gasteiger partial charge on any atom is 0.389 e. The van der Waals surface area contributed by atoms with Crippen molar-refractivity contribution < 1.29 is 14.5 Å². The molecule has 3 aromatic rings. The summed E-state index contributed by atoms with van der Waals surface area (Å²) < 4.78 is 7.74. The van der Waals surface area contributed by atoms with Gasteiger partial charge in [0.05, 0.1) is 31.0 Å². The first-order chi connectivity index (χ1) is 13.5. The minimum Gasteiger partial charge on any atom is -0.496 e. The lowest BCUT2D eigenvalue weighted by Crippen LogP contribution is -2.03. The Labute approximate surface area is 169 Å². The lowest BCUT2D eigenvalue weighted by molar-refractivity contribution is -0.389. The molecule has 0 radical (unpaired) electrons. The number of nitro groups is 1. The van der Waals surface area contributed by atoms with Crippen LogP contribution in [0.1, 0.15) is 21.5 Å². The fourth-order valence-corrected chi connectivity index (χ4v) is 2.88. The predicted octanol–water partition coefficient (Wildman–Crippen LogP) is 4.51. The summed E-state index contributed by atoms with van der Waals surface area (Å²) in [4.78, 5) is 22.5. The number of benzene rings is 2. The first-order valence-corrected chi connectivity index (χ1v) is 9.08. The average molecular weight is 442 g/mol. The van der Waals surface area contributed by atoms with E-state index in [0.29, 0.717) is 17.9 Å². The van der Waals surface area contributed by atoms with Gasteiger partial charge in [0.15, 0.2) is 5.78 Å². The van der Waals surface area contributed by atoms with Gasteiger partial charge in [0.1, 0.15) is 5.75 Å². The minimum atomic E-state index is -0.541. The quantitative estimate of drug-likeness (QED) is 0.233. The number of halogens is 1. The van der Waals surface area contributed by atoms with E-state index in [-0.39, 0.29) is 11.6 Å². The van der Waals surface area contributed by atoms with Crippen LogP contribution in [0.5, 0.6) is 5.75 Å². The van der Waals surface area contributed by atoms with Gasteiger partial charge in [0.2, 0.25) is 0 Å². The van der Waals surface area contributed by atoms with Crippen LogP contribution in [0.15, 0.2) is 65.3 Å². The van der Waals surface area contributed by atoms with Gasteiger partial charge in [0, 0.05) is 15.6 Å². The van der Waals surface area contributed by atoms with E-state index in [4.69, 9.17) is 4.74 Å². The standard InChI is InChI=1S/C20H16BrN3O4/c1-28-19-9-3-14(2-8-18(25)15-4-6-17(21)7-5-15)12-16(19)13-23-11-10-20(22-23)24(26)27/h2-12H,13H2,1H3/b8-2+. The fourth-order valence-electron chi connectivity index (χ4n) is 2.62. The second kappa shape index (κ2) is 8.62. The maximum absolute atomic E-state index is 12.3. The summed E-state index contributed by atoms with van der Waals surface area (Å²) >= 11 is 3.34. The van der Waals surface area contributed by atoms with E-state index in [1.165, 1.54) is 23.0 Å². The van der Waals surface area contributed by atoms with Gasteiger partial charge >= 0.3 is 5.82 Å². The number of rotatable bonds is 7. The molecule has 3 rings (SSSR count). The first-order valence-electron chi connectivity index (χ1n) is 8.29. The van der Waals surface area contributed by atoms with Gasteiger partial charge in [-0.1, -0.05) is 28.1 Å². The van der Waals surface area contributed by atoms with Crippen molar-refractivity contribution in [2.45, 2.75) is 6.54 Å². The largest absolute Gasteiger partial charge is 0.496 e. The Morgan fingerprint density at radius 1 is 1.25 bits per heavy atom. The fraction of sp³-hybridized carbons (Fsp3) is 0.100. The molecule has 28 heavy (non-hydrogen) atoms. The summed E-state index contributed by atoms with van der Waals surface area (Å²) in [6, 6.07) is 14.0. The van der Waals surface area contributed by atoms with Crippen LogP contribution < -0.4 is 4.74 Å². The number of carbonyl (C=O) groups is 1. The minimum absolute atomic E-state index is 0.104. The Kier molecular flexibility index (Phi) is 6.00. The van der Waals surface area contributed by atoms with Crippen molar-refractivity contribution in [1.82, 2.24) is 9.78 Å². The smallest absolute Gasteiger partial charge is 0.389 e. The molecule has 8 heteroatoms. The lowest BCUT2D eigenvalue weighted by atomic mass is 10.1. The molecule has 0 spiro atoms. The van der Waals surface area contributed by atoms with Crippen LogP contribution >= 0.6 is 15.9 Å². The van der Waals surface area contributed by atoms with Gasteiger partial charge in [-0.05, 0) is 53.0 Å². The normalized spacial score (nSPS) is 10.9. The Balaban J connectivity index is 1.80. The third-order valence-corrected chi connectivity index (χ3v) is 4.54. The monoisotopic (exact) mass is 441 g/mol. The molecule has 0 fully saturated rings. The number of ether oxygens (including phenoxy) is 1. The summed E-state index contributed by atoms with van der Waals surface area (Å²) in [5.74, 6) is 0.317. The van der Waals surface area contributed by atoms with E-state index in [9.17, 15) is 14.9 Å². The van der Waals surface area contributed by atoms with Crippen LogP contribution in [0.4, 0.5) is 5.82 Å². The first kappa shape index (κ1) is 19.5. The van der Waals surface area contributed by atoms with Crippen molar-refractivity contribution in [3.63, 3.8) is 0 Å². The molecule has 0 amide bonds. The number of carbonyl (C=O) groups excluding carboxylic acids is 1. The molecule has 0 aliphatic heterocycles. The van der Waals surface area contributed by atoms with Crippen LogP contribution in [0.25, 0.3) is 6.08 Å². The number of methoxy groups -OCH3 is 1. The Hall–Kier alpha value is -3.26. The molecular weight excluding hydrogens is 426 g/mol. The van der Waals surface area contributed by atoms with Crippen molar-refractivity contribution in [2.24, 2.45) is 0 Å². The predicted molar refractivity (Wildman–Crippen MR) is 108 cm³/mol. The van der Waals surface area contributed by atoms with E-state index in [2.05, 4.69) is 21.0 Å². The van der Waals surface area contributed by atoms with Gasteiger partial charge in [0.25, 0.3) is 0 Å². The second-order valence-corrected chi connectivity index (χ2v) is 6.82. The summed E-state index contributed by atoms with van der Waals surface area (Å²) in [6.07, 6.45) is 4.77. The number of allylic oxidation sites excluding steroid dienone is 1. The molecule has 0 bridgehead atoms. The van der Waals surface area contributed by atoms with E-state index in [1.54, 1.807) is 31.4 Å². The molecule has 0 aliphatic carbocycles. The highest BCUT2D eigenvalue weighted by atomic mass is 79.9. The third-order valence-electron chi connectivity index (χ3n) is 4.01. The molecule has 0 saturated carbocycles. The van der Waals surface area contributed by atoms with Crippen LogP contribution in [0, 0.1) is 10.1 Å². The molecule has 142 valence electrons. The van der Waals surface area contributed by atoms with Crippen LogP contribution in [-0.4, -0.2) is 27.6 Å². The van der Waals surface area contributed by atoms with Crippen molar-refractivity contribution in [3.05, 3.63) is 92.1 Å². The molecular formula is C20H16BrN3O4. The number of hydrogen-bond donors (Lipinski definition) is 0. The number of aromatic nitrogens is 2. The Morgan fingerprint density at radius 2 is 2.00 bits per heavy atom. The van der Waals surface area contributed by atoms with E-state index in [1.807, 2.05) is 24.3 Å². The number of hydrogen-bond acceptors (Lipinski definition) is 5. The van der Waals surface area contributed by atoms with E-state index < -0.39 is 4.92 Å². The Bertz CT molecular complexity index is 1040. The zero-order valence-electron chi connectivity index (χ0n) is 14.9.